The van der Waals surface area contributed by atoms with Gasteiger partial charge in [0.1, 0.15) is 0 Å². The molecular weight excluding hydrogens is 212 g/mol. The lowest BCUT2D eigenvalue weighted by molar-refractivity contribution is -0.112. The highest BCUT2D eigenvalue weighted by Crippen LogP contribution is 2.03. The third-order valence-electron chi connectivity index (χ3n) is 2.04. The Morgan fingerprint density at radius 1 is 1.25 bits per heavy atom. The number of benzene rings is 1. The summed E-state index contributed by atoms with van der Waals surface area (Å²) >= 11 is 0. The first-order chi connectivity index (χ1) is 7.49. The number of ketones is 1. The van der Waals surface area contributed by atoms with Crippen molar-refractivity contribution >= 4 is 13.9 Å². The van der Waals surface area contributed by atoms with Gasteiger partial charge in [-0.3, -0.25) is 4.79 Å². The van der Waals surface area contributed by atoms with E-state index in [-0.39, 0.29) is 5.78 Å². The summed E-state index contributed by atoms with van der Waals surface area (Å²) in [4.78, 5) is 10.9. The molecule has 0 amide bonds. The van der Waals surface area contributed by atoms with Gasteiger partial charge in [0.15, 0.2) is 13.9 Å². The van der Waals surface area contributed by atoms with Gasteiger partial charge in [0.25, 0.3) is 0 Å². The van der Waals surface area contributed by atoms with Gasteiger partial charge < -0.3 is 0 Å². The van der Waals surface area contributed by atoms with E-state index in [1.807, 2.05) is 36.0 Å². The highest BCUT2D eigenvalue weighted by atomic mass is 28.3. The molecule has 2 heteroatoms. The molecule has 0 aromatic heterocycles. The van der Waals surface area contributed by atoms with Crippen molar-refractivity contribution in [3.63, 3.8) is 0 Å². The van der Waals surface area contributed by atoms with E-state index >= 15 is 0 Å². The summed E-state index contributed by atoms with van der Waals surface area (Å²) in [5, 5.41) is 0. The lowest BCUT2D eigenvalue weighted by atomic mass is 10.2. The number of carbonyl (C=O) groups excluding carboxylic acids is 1. The first-order valence-corrected chi connectivity index (χ1v) is 8.35. The van der Waals surface area contributed by atoms with Crippen LogP contribution >= 0.6 is 0 Å². The van der Waals surface area contributed by atoms with E-state index in [2.05, 4.69) is 24.6 Å². The summed E-state index contributed by atoms with van der Waals surface area (Å²) in [6.07, 6.45) is 1.63. The molecule has 0 atom stereocenters. The van der Waals surface area contributed by atoms with Crippen molar-refractivity contribution in [1.29, 1.82) is 0 Å². The summed E-state index contributed by atoms with van der Waals surface area (Å²) in [7, 11) is -1.71. The summed E-state index contributed by atoms with van der Waals surface area (Å²) < 4.78 is 0. The normalized spacial score (nSPS) is 10.9. The van der Waals surface area contributed by atoms with E-state index in [1.54, 1.807) is 13.0 Å². The second kappa shape index (κ2) is 5.48. The third-order valence-corrected chi connectivity index (χ3v) is 3.81. The number of hydrogen-bond donors (Lipinski definition) is 0. The molecule has 0 saturated carbocycles. The zero-order valence-corrected chi connectivity index (χ0v) is 10.9. The molecule has 82 valence electrons. The first-order valence-electron chi connectivity index (χ1n) is 5.28. The maximum absolute atomic E-state index is 10.9. The number of rotatable bonds is 2. The Labute approximate surface area is 98.2 Å². The smallest absolute Gasteiger partial charge is 0.156 e. The predicted octanol–water partition coefficient (Wildman–Crippen LogP) is 2.97. The van der Waals surface area contributed by atoms with Crippen molar-refractivity contribution in [2.45, 2.75) is 20.0 Å². The van der Waals surface area contributed by atoms with Crippen LogP contribution in [0.3, 0.4) is 0 Å². The maximum atomic E-state index is 10.9. The van der Waals surface area contributed by atoms with Gasteiger partial charge in [-0.2, -0.15) is 0 Å². The van der Waals surface area contributed by atoms with E-state index in [4.69, 9.17) is 0 Å². The summed E-state index contributed by atoms with van der Waals surface area (Å²) in [6.45, 7) is 5.82. The van der Waals surface area contributed by atoms with Gasteiger partial charge >= 0.3 is 0 Å². The molecule has 0 saturated heterocycles. The zero-order valence-electron chi connectivity index (χ0n) is 9.95. The molecule has 1 aromatic rings. The second-order valence-electron chi connectivity index (χ2n) is 4.28. The van der Waals surface area contributed by atoms with Crippen LogP contribution in [-0.2, 0) is 4.79 Å². The molecule has 0 unspecified atom stereocenters. The van der Waals surface area contributed by atoms with Crippen LogP contribution < -0.4 is 0 Å². The van der Waals surface area contributed by atoms with Crippen molar-refractivity contribution in [1.82, 2.24) is 0 Å². The van der Waals surface area contributed by atoms with Crippen LogP contribution in [0.5, 0.6) is 0 Å². The molecule has 0 aliphatic heterocycles. The zero-order chi connectivity index (χ0) is 12.0. The Hall–Kier alpha value is -1.59. The molecule has 0 spiro atoms. The molecule has 0 bridgehead atoms. The predicted molar refractivity (Wildman–Crippen MR) is 70.6 cm³/mol. The summed E-state index contributed by atoms with van der Waals surface area (Å²) in [6, 6.07) is 9.91. The Balaban J connectivity index is 2.81. The fraction of sp³-hybridized carbons (Fsp3) is 0.214. The average Bonchev–Trinajstić information content (AvgIpc) is 2.26. The fourth-order valence-corrected chi connectivity index (χ4v) is 2.32. The SMILES string of the molecule is CC(=O)/C=C/[Si](C)(C)C#Cc1ccccc1. The third kappa shape index (κ3) is 4.76. The topological polar surface area (TPSA) is 17.1 Å². The van der Waals surface area contributed by atoms with Gasteiger partial charge in [-0.05, 0) is 25.1 Å². The number of allylic oxidation sites excluding steroid dienone is 1. The van der Waals surface area contributed by atoms with Crippen molar-refractivity contribution < 1.29 is 4.79 Å². The second-order valence-corrected chi connectivity index (χ2v) is 8.31. The van der Waals surface area contributed by atoms with E-state index in [0.717, 1.165) is 5.56 Å². The Bertz CT molecular complexity index is 447. The Kier molecular flexibility index (Phi) is 4.27. The van der Waals surface area contributed by atoms with Gasteiger partial charge in [0, 0.05) is 5.56 Å². The maximum Gasteiger partial charge on any atom is 0.156 e. The lowest BCUT2D eigenvalue weighted by Crippen LogP contribution is -2.20. The van der Waals surface area contributed by atoms with Gasteiger partial charge in [0.2, 0.25) is 0 Å². The number of carbonyl (C=O) groups is 1. The molecule has 0 fully saturated rings. The van der Waals surface area contributed by atoms with Crippen LogP contribution in [0, 0.1) is 11.5 Å². The van der Waals surface area contributed by atoms with Crippen molar-refractivity contribution in [2.24, 2.45) is 0 Å². The largest absolute Gasteiger partial charge is 0.295 e. The quantitative estimate of drug-likeness (QED) is 0.432. The lowest BCUT2D eigenvalue weighted by Gasteiger charge is -2.06. The molecule has 0 radical (unpaired) electrons. The fourth-order valence-electron chi connectivity index (χ4n) is 1.12. The minimum atomic E-state index is -1.71. The molecule has 1 aromatic carbocycles. The van der Waals surface area contributed by atoms with Gasteiger partial charge in [-0.1, -0.05) is 42.9 Å². The molecule has 16 heavy (non-hydrogen) atoms. The highest BCUT2D eigenvalue weighted by molar-refractivity contribution is 6.89. The van der Waals surface area contributed by atoms with Crippen molar-refractivity contribution in [2.75, 3.05) is 0 Å². The molecule has 0 aliphatic rings. The molecule has 1 nitrogen and oxygen atoms in total. The van der Waals surface area contributed by atoms with Crippen LogP contribution in [0.15, 0.2) is 42.1 Å². The van der Waals surface area contributed by atoms with Gasteiger partial charge in [-0.15, -0.1) is 5.54 Å². The standard InChI is InChI=1S/C14H16OSi/c1-13(15)9-11-16(2,3)12-10-14-7-5-4-6-8-14/h4-9,11H,1-3H3/b11-9+. The van der Waals surface area contributed by atoms with Crippen LogP contribution in [0.4, 0.5) is 0 Å². The number of hydrogen-bond acceptors (Lipinski definition) is 1. The van der Waals surface area contributed by atoms with Crippen molar-refractivity contribution in [3.05, 3.63) is 47.7 Å². The van der Waals surface area contributed by atoms with E-state index in [1.165, 1.54) is 0 Å². The average molecular weight is 228 g/mol. The van der Waals surface area contributed by atoms with Gasteiger partial charge in [-0.25, -0.2) is 0 Å². The molecule has 0 N–H and O–H groups in total. The highest BCUT2D eigenvalue weighted by Gasteiger charge is 2.12. The first kappa shape index (κ1) is 12.5. The van der Waals surface area contributed by atoms with Crippen LogP contribution in [0.2, 0.25) is 13.1 Å². The summed E-state index contributed by atoms with van der Waals surface area (Å²) in [5.41, 5.74) is 6.29. The summed E-state index contributed by atoms with van der Waals surface area (Å²) in [5.74, 6) is 3.24. The Morgan fingerprint density at radius 2 is 1.88 bits per heavy atom. The Morgan fingerprint density at radius 3 is 2.44 bits per heavy atom. The molecular formula is C14H16OSi. The molecule has 0 heterocycles. The van der Waals surface area contributed by atoms with Crippen LogP contribution in [0.25, 0.3) is 0 Å². The minimum Gasteiger partial charge on any atom is -0.295 e. The minimum absolute atomic E-state index is 0.0853. The monoisotopic (exact) mass is 228 g/mol. The van der Waals surface area contributed by atoms with E-state index in [9.17, 15) is 4.79 Å². The molecule has 0 aliphatic carbocycles. The van der Waals surface area contributed by atoms with E-state index in [0.29, 0.717) is 0 Å². The van der Waals surface area contributed by atoms with Crippen LogP contribution in [0.1, 0.15) is 12.5 Å². The molecule has 1 rings (SSSR count). The van der Waals surface area contributed by atoms with Crippen LogP contribution in [-0.4, -0.2) is 13.9 Å². The van der Waals surface area contributed by atoms with Crippen molar-refractivity contribution in [3.8, 4) is 11.5 Å². The van der Waals surface area contributed by atoms with E-state index < -0.39 is 8.07 Å². The van der Waals surface area contributed by atoms with Gasteiger partial charge in [0.05, 0.1) is 0 Å².